The van der Waals surface area contributed by atoms with Crippen molar-refractivity contribution in [3.05, 3.63) is 38.9 Å². The molecule has 0 bridgehead atoms. The molecule has 20 heavy (non-hydrogen) atoms. The summed E-state index contributed by atoms with van der Waals surface area (Å²) in [6.07, 6.45) is -0.534. The Labute approximate surface area is 131 Å². The fourth-order valence-electron chi connectivity index (χ4n) is 1.63. The highest BCUT2D eigenvalue weighted by molar-refractivity contribution is 9.10. The molecule has 1 unspecified atom stereocenters. The van der Waals surface area contributed by atoms with E-state index >= 15 is 0 Å². The summed E-state index contributed by atoms with van der Waals surface area (Å²) in [6, 6.07) is 3.74. The number of halogens is 1. The fourth-order valence-corrected chi connectivity index (χ4v) is 2.72. The Kier molecular flexibility index (Phi) is 4.78. The molecule has 6 heteroatoms. The van der Waals surface area contributed by atoms with Gasteiger partial charge in [0.15, 0.2) is 0 Å². The molecule has 2 aromatic heterocycles. The molecule has 2 rings (SSSR count). The molecule has 0 amide bonds. The van der Waals surface area contributed by atoms with Gasteiger partial charge >= 0.3 is 0 Å². The van der Waals surface area contributed by atoms with Crippen molar-refractivity contribution in [2.75, 3.05) is 11.9 Å². The second kappa shape index (κ2) is 6.20. The Morgan fingerprint density at radius 3 is 2.75 bits per heavy atom. The number of aliphatic hydroxyl groups excluding tert-OH is 1. The largest absolute Gasteiger partial charge is 0.387 e. The molecule has 0 aliphatic heterocycles. The van der Waals surface area contributed by atoms with E-state index in [1.165, 1.54) is 0 Å². The van der Waals surface area contributed by atoms with Crippen LogP contribution in [-0.4, -0.2) is 21.6 Å². The summed E-state index contributed by atoms with van der Waals surface area (Å²) in [4.78, 5) is 8.88. The molecule has 0 saturated carbocycles. The first kappa shape index (κ1) is 15.4. The molecule has 0 spiro atoms. The molecule has 108 valence electrons. The summed E-state index contributed by atoms with van der Waals surface area (Å²) >= 11 is 4.98. The second-order valence-corrected chi connectivity index (χ2v) is 7.20. The fraction of sp³-hybridized carbons (Fsp3) is 0.429. The van der Waals surface area contributed by atoms with E-state index in [0.29, 0.717) is 12.4 Å². The third-order valence-electron chi connectivity index (χ3n) is 2.77. The van der Waals surface area contributed by atoms with Crippen molar-refractivity contribution in [3.63, 3.8) is 0 Å². The van der Waals surface area contributed by atoms with Crippen LogP contribution in [0.2, 0.25) is 0 Å². The Bertz CT molecular complexity index is 566. The number of hydrogen-bond acceptors (Lipinski definition) is 5. The van der Waals surface area contributed by atoms with Gasteiger partial charge in [-0.2, -0.15) is 11.3 Å². The lowest BCUT2D eigenvalue weighted by Gasteiger charge is -2.18. The molecule has 1 atom stereocenters. The first-order valence-corrected chi connectivity index (χ1v) is 8.09. The molecular formula is C14H18BrN3OS. The van der Waals surface area contributed by atoms with Gasteiger partial charge in [0.25, 0.3) is 0 Å². The topological polar surface area (TPSA) is 58.0 Å². The van der Waals surface area contributed by atoms with Crippen LogP contribution in [0.25, 0.3) is 0 Å². The van der Waals surface area contributed by atoms with E-state index in [1.807, 2.05) is 22.9 Å². The average Bonchev–Trinajstić information content (AvgIpc) is 2.88. The number of hydrogen-bond donors (Lipinski definition) is 2. The first-order chi connectivity index (χ1) is 9.36. The molecule has 0 fully saturated rings. The van der Waals surface area contributed by atoms with Gasteiger partial charge in [-0.05, 0) is 38.3 Å². The minimum atomic E-state index is -0.534. The van der Waals surface area contributed by atoms with E-state index in [0.717, 1.165) is 16.0 Å². The maximum Gasteiger partial charge on any atom is 0.137 e. The Morgan fingerprint density at radius 1 is 1.40 bits per heavy atom. The normalized spacial score (nSPS) is 13.2. The molecule has 2 heterocycles. The van der Waals surface area contributed by atoms with Crippen LogP contribution in [0.3, 0.4) is 0 Å². The van der Waals surface area contributed by atoms with E-state index in [9.17, 15) is 5.11 Å². The average molecular weight is 356 g/mol. The van der Waals surface area contributed by atoms with Crippen molar-refractivity contribution in [1.29, 1.82) is 0 Å². The van der Waals surface area contributed by atoms with Gasteiger partial charge in [-0.1, -0.05) is 20.8 Å². The van der Waals surface area contributed by atoms with E-state index in [2.05, 4.69) is 52.0 Å². The molecule has 2 aromatic rings. The summed E-state index contributed by atoms with van der Waals surface area (Å²) in [5.41, 5.74) is 0.804. The highest BCUT2D eigenvalue weighted by Gasteiger charge is 2.19. The van der Waals surface area contributed by atoms with Gasteiger partial charge in [-0.25, -0.2) is 9.97 Å². The van der Waals surface area contributed by atoms with Crippen molar-refractivity contribution in [3.8, 4) is 0 Å². The number of anilines is 1. The van der Waals surface area contributed by atoms with E-state index in [4.69, 9.17) is 0 Å². The summed E-state index contributed by atoms with van der Waals surface area (Å²) in [5, 5.41) is 17.1. The maximum absolute atomic E-state index is 10.1. The second-order valence-electron chi connectivity index (χ2n) is 5.60. The van der Waals surface area contributed by atoms with Gasteiger partial charge in [0, 0.05) is 18.0 Å². The molecule has 0 aliphatic carbocycles. The van der Waals surface area contributed by atoms with Gasteiger partial charge in [0.05, 0.1) is 6.10 Å². The Hall–Kier alpha value is -0.980. The van der Waals surface area contributed by atoms with Gasteiger partial charge in [0.2, 0.25) is 0 Å². The monoisotopic (exact) mass is 355 g/mol. The number of nitrogens with one attached hydrogen (secondary N) is 1. The summed E-state index contributed by atoms with van der Waals surface area (Å²) in [7, 11) is 0. The van der Waals surface area contributed by atoms with Crippen molar-refractivity contribution >= 4 is 33.1 Å². The number of nitrogens with zero attached hydrogens (tertiary/aromatic N) is 2. The predicted molar refractivity (Wildman–Crippen MR) is 86.2 cm³/mol. The first-order valence-electron chi connectivity index (χ1n) is 6.35. The van der Waals surface area contributed by atoms with Crippen LogP contribution in [0, 0.1) is 0 Å². The summed E-state index contributed by atoms with van der Waals surface area (Å²) in [5.74, 6) is 1.48. The van der Waals surface area contributed by atoms with Crippen LogP contribution in [-0.2, 0) is 5.41 Å². The number of aromatic nitrogens is 2. The molecule has 0 radical (unpaired) electrons. The molecule has 0 saturated heterocycles. The lowest BCUT2D eigenvalue weighted by Crippen LogP contribution is -2.19. The maximum atomic E-state index is 10.1. The molecule has 2 N–H and O–H groups in total. The van der Waals surface area contributed by atoms with Crippen molar-refractivity contribution in [2.45, 2.75) is 32.3 Å². The van der Waals surface area contributed by atoms with Gasteiger partial charge in [-0.15, -0.1) is 0 Å². The SMILES string of the molecule is CC(C)(C)c1nc(Br)cc(NCC(O)c2ccsc2)n1. The van der Waals surface area contributed by atoms with Crippen LogP contribution < -0.4 is 5.32 Å². The molecule has 0 aromatic carbocycles. The zero-order valence-electron chi connectivity index (χ0n) is 11.7. The van der Waals surface area contributed by atoms with E-state index in [1.54, 1.807) is 11.3 Å². The van der Waals surface area contributed by atoms with Crippen molar-refractivity contribution in [1.82, 2.24) is 9.97 Å². The van der Waals surface area contributed by atoms with Crippen LogP contribution >= 0.6 is 27.3 Å². The van der Waals surface area contributed by atoms with Gasteiger partial charge in [0.1, 0.15) is 16.2 Å². The third kappa shape index (κ3) is 4.01. The summed E-state index contributed by atoms with van der Waals surface area (Å²) in [6.45, 7) is 6.63. The van der Waals surface area contributed by atoms with Crippen LogP contribution in [0.15, 0.2) is 27.5 Å². The highest BCUT2D eigenvalue weighted by atomic mass is 79.9. The number of thiophene rings is 1. The zero-order valence-corrected chi connectivity index (χ0v) is 14.1. The molecule has 0 aliphatic rings. The predicted octanol–water partition coefficient (Wildman–Crippen LogP) is 3.74. The van der Waals surface area contributed by atoms with Crippen molar-refractivity contribution in [2.24, 2.45) is 0 Å². The summed E-state index contributed by atoms with van der Waals surface area (Å²) < 4.78 is 0.741. The molecular weight excluding hydrogens is 338 g/mol. The lowest BCUT2D eigenvalue weighted by molar-refractivity contribution is 0.192. The molecule has 4 nitrogen and oxygen atoms in total. The Morgan fingerprint density at radius 2 is 2.15 bits per heavy atom. The number of rotatable bonds is 4. The van der Waals surface area contributed by atoms with Crippen LogP contribution in [0.1, 0.15) is 38.3 Å². The van der Waals surface area contributed by atoms with Gasteiger partial charge in [-0.3, -0.25) is 0 Å². The zero-order chi connectivity index (χ0) is 14.8. The van der Waals surface area contributed by atoms with Crippen molar-refractivity contribution < 1.29 is 5.11 Å². The number of aliphatic hydroxyl groups is 1. The lowest BCUT2D eigenvalue weighted by atomic mass is 9.96. The van der Waals surface area contributed by atoms with Gasteiger partial charge < -0.3 is 10.4 Å². The Balaban J connectivity index is 2.08. The minimum absolute atomic E-state index is 0.119. The van der Waals surface area contributed by atoms with Crippen LogP contribution in [0.5, 0.6) is 0 Å². The minimum Gasteiger partial charge on any atom is -0.387 e. The third-order valence-corrected chi connectivity index (χ3v) is 3.88. The standard InChI is InChI=1S/C14H18BrN3OS/c1-14(2,3)13-17-11(15)6-12(18-13)16-7-10(19)9-4-5-20-8-9/h4-6,8,10,19H,7H2,1-3H3,(H,16,17,18). The van der Waals surface area contributed by atoms with E-state index < -0.39 is 6.10 Å². The highest BCUT2D eigenvalue weighted by Crippen LogP contribution is 2.23. The van der Waals surface area contributed by atoms with Crippen LogP contribution in [0.4, 0.5) is 5.82 Å². The quantitative estimate of drug-likeness (QED) is 0.820. The smallest absolute Gasteiger partial charge is 0.137 e. The van der Waals surface area contributed by atoms with E-state index in [-0.39, 0.29) is 5.41 Å².